The van der Waals surface area contributed by atoms with Gasteiger partial charge in [0, 0.05) is 25.4 Å². The van der Waals surface area contributed by atoms with Gasteiger partial charge in [-0.25, -0.2) is 13.2 Å². The quantitative estimate of drug-likeness (QED) is 0.287. The minimum Gasteiger partial charge on any atom is -0.443 e. The van der Waals surface area contributed by atoms with Crippen LogP contribution in [0, 0.1) is 11.8 Å². The van der Waals surface area contributed by atoms with Crippen molar-refractivity contribution in [2.75, 3.05) is 38.6 Å². The number of rotatable bonds is 11. The number of nitrogens with two attached hydrogens (primary N) is 1. The predicted molar refractivity (Wildman–Crippen MR) is 154 cm³/mol. The SMILES string of the molecule is CC(C)CN(CC(O)C(Cc1ccccc1)NC(=O)O[C@H]1CO[C@H]2OCC[C@H]21)S(=O)(=O)c1ccc(N)cc1.CCO. The fourth-order valence-electron chi connectivity index (χ4n) is 4.82. The minimum atomic E-state index is -3.93. The van der Waals surface area contributed by atoms with E-state index in [1.165, 1.54) is 28.6 Å². The molecule has 2 aliphatic rings. The van der Waals surface area contributed by atoms with Gasteiger partial charge < -0.3 is 35.5 Å². The molecule has 11 nitrogen and oxygen atoms in total. The number of benzene rings is 2. The molecule has 2 heterocycles. The van der Waals surface area contributed by atoms with Crippen molar-refractivity contribution in [2.45, 2.75) is 63.0 Å². The number of sulfonamides is 1. The number of nitrogen functional groups attached to an aromatic ring is 1. The van der Waals surface area contributed by atoms with Crippen LogP contribution in [0.5, 0.6) is 0 Å². The van der Waals surface area contributed by atoms with E-state index in [1.54, 1.807) is 6.92 Å². The Hall–Kier alpha value is -2.74. The van der Waals surface area contributed by atoms with Gasteiger partial charge in [-0.1, -0.05) is 44.2 Å². The number of ether oxygens (including phenoxy) is 3. The summed E-state index contributed by atoms with van der Waals surface area (Å²) in [4.78, 5) is 13.0. The van der Waals surface area contributed by atoms with E-state index in [2.05, 4.69) is 5.32 Å². The maximum absolute atomic E-state index is 13.5. The van der Waals surface area contributed by atoms with Gasteiger partial charge in [0.15, 0.2) is 6.29 Å². The van der Waals surface area contributed by atoms with E-state index in [9.17, 15) is 18.3 Å². The number of carbonyl (C=O) groups excluding carboxylic acids is 1. The number of nitrogens with one attached hydrogen (secondary N) is 1. The Morgan fingerprint density at radius 1 is 1.12 bits per heavy atom. The molecule has 1 amide bonds. The van der Waals surface area contributed by atoms with Gasteiger partial charge in [0.2, 0.25) is 10.0 Å². The highest BCUT2D eigenvalue weighted by Crippen LogP contribution is 2.33. The third-order valence-electron chi connectivity index (χ3n) is 6.79. The number of nitrogens with zero attached hydrogens (tertiary/aromatic N) is 1. The summed E-state index contributed by atoms with van der Waals surface area (Å²) in [5.41, 5.74) is 7.07. The zero-order valence-electron chi connectivity index (χ0n) is 23.9. The van der Waals surface area contributed by atoms with Crippen LogP contribution in [-0.2, 0) is 30.7 Å². The lowest BCUT2D eigenvalue weighted by Crippen LogP contribution is -2.51. The fraction of sp³-hybridized carbons (Fsp3) is 0.552. The molecule has 0 aromatic heterocycles. The Labute approximate surface area is 242 Å². The van der Waals surface area contributed by atoms with Crippen LogP contribution in [-0.4, -0.2) is 86.5 Å². The van der Waals surface area contributed by atoms with Gasteiger partial charge in [-0.15, -0.1) is 0 Å². The molecule has 0 bridgehead atoms. The van der Waals surface area contributed by atoms with Gasteiger partial charge >= 0.3 is 6.09 Å². The molecule has 5 N–H and O–H groups in total. The van der Waals surface area contributed by atoms with E-state index in [0.717, 1.165) is 12.0 Å². The molecule has 41 heavy (non-hydrogen) atoms. The second-order valence-corrected chi connectivity index (χ2v) is 12.5. The van der Waals surface area contributed by atoms with Crippen LogP contribution in [0.3, 0.4) is 0 Å². The maximum Gasteiger partial charge on any atom is 0.407 e. The highest BCUT2D eigenvalue weighted by Gasteiger charge is 2.44. The number of anilines is 1. The van der Waals surface area contributed by atoms with Crippen molar-refractivity contribution in [1.82, 2.24) is 9.62 Å². The van der Waals surface area contributed by atoms with Crippen LogP contribution in [0.15, 0.2) is 59.5 Å². The minimum absolute atomic E-state index is 0.000183. The molecule has 12 heteroatoms. The standard InChI is InChI=1S/C27H37N3O7S.C2H6O/c1-18(2)15-30(38(33,34)21-10-8-20(28)9-11-21)16-24(31)23(14-19-6-4-3-5-7-19)29-27(32)37-25-17-36-26-22(25)12-13-35-26;1-2-3/h3-11,18,22-26,31H,12-17,28H2,1-2H3,(H,29,32);3H,2H2,1H3/t22-,23?,24?,25-,26+;/m0./s1. The van der Waals surface area contributed by atoms with Crippen molar-refractivity contribution in [2.24, 2.45) is 11.8 Å². The maximum atomic E-state index is 13.5. The summed E-state index contributed by atoms with van der Waals surface area (Å²) in [5.74, 6) is -0.0231. The van der Waals surface area contributed by atoms with Crippen LogP contribution in [0.1, 0.15) is 32.8 Å². The molecule has 5 atom stereocenters. The number of aliphatic hydroxyl groups excluding tert-OH is 2. The van der Waals surface area contributed by atoms with Gasteiger partial charge in [-0.3, -0.25) is 0 Å². The molecule has 0 aliphatic carbocycles. The van der Waals surface area contributed by atoms with E-state index in [1.807, 2.05) is 44.2 Å². The molecule has 0 saturated carbocycles. The number of hydrogen-bond donors (Lipinski definition) is 4. The molecular weight excluding hydrogens is 550 g/mol. The summed E-state index contributed by atoms with van der Waals surface area (Å²) in [6, 6.07) is 14.5. The Balaban J connectivity index is 0.00000147. The summed E-state index contributed by atoms with van der Waals surface area (Å²) < 4.78 is 44.9. The van der Waals surface area contributed by atoms with Crippen molar-refractivity contribution in [3.05, 3.63) is 60.2 Å². The van der Waals surface area contributed by atoms with E-state index < -0.39 is 34.4 Å². The number of carbonyl (C=O) groups is 1. The summed E-state index contributed by atoms with van der Waals surface area (Å²) in [6.07, 6.45) is -1.69. The van der Waals surface area contributed by atoms with E-state index in [4.69, 9.17) is 25.1 Å². The normalized spacial score (nSPS) is 21.6. The Bertz CT molecular complexity index is 1180. The average molecular weight is 594 g/mol. The van der Waals surface area contributed by atoms with Crippen molar-refractivity contribution in [3.8, 4) is 0 Å². The largest absolute Gasteiger partial charge is 0.443 e. The Kier molecular flexibility index (Phi) is 12.4. The molecule has 2 unspecified atom stereocenters. The first-order chi connectivity index (χ1) is 19.5. The van der Waals surface area contributed by atoms with Crippen LogP contribution in [0.2, 0.25) is 0 Å². The highest BCUT2D eigenvalue weighted by atomic mass is 32.2. The molecule has 4 rings (SSSR count). The van der Waals surface area contributed by atoms with E-state index in [0.29, 0.717) is 12.3 Å². The molecule has 0 radical (unpaired) electrons. The van der Waals surface area contributed by atoms with Gasteiger partial charge in [0.1, 0.15) is 6.10 Å². The fourth-order valence-corrected chi connectivity index (χ4v) is 6.45. The average Bonchev–Trinajstić information content (AvgIpc) is 3.54. The van der Waals surface area contributed by atoms with Gasteiger partial charge in [-0.2, -0.15) is 4.31 Å². The van der Waals surface area contributed by atoms with Crippen LogP contribution in [0.25, 0.3) is 0 Å². The second kappa shape index (κ2) is 15.5. The second-order valence-electron chi connectivity index (χ2n) is 10.6. The van der Waals surface area contributed by atoms with Crippen LogP contribution < -0.4 is 11.1 Å². The lowest BCUT2D eigenvalue weighted by molar-refractivity contribution is -0.0907. The lowest BCUT2D eigenvalue weighted by Gasteiger charge is -2.31. The lowest BCUT2D eigenvalue weighted by atomic mass is 10.0. The summed E-state index contributed by atoms with van der Waals surface area (Å²) >= 11 is 0. The molecule has 2 aromatic rings. The van der Waals surface area contributed by atoms with Crippen LogP contribution >= 0.6 is 0 Å². The van der Waals surface area contributed by atoms with Gasteiger partial charge in [0.05, 0.1) is 36.2 Å². The number of alkyl carbamates (subject to hydrolysis) is 1. The third kappa shape index (κ3) is 9.38. The van der Waals surface area contributed by atoms with E-state index >= 15 is 0 Å². The first-order valence-corrected chi connectivity index (χ1v) is 15.4. The molecule has 2 aliphatic heterocycles. The summed E-state index contributed by atoms with van der Waals surface area (Å²) in [5, 5.41) is 21.7. The van der Waals surface area contributed by atoms with Crippen molar-refractivity contribution in [1.29, 1.82) is 0 Å². The molecule has 0 spiro atoms. The number of fused-ring (bicyclic) bond motifs is 1. The smallest absolute Gasteiger partial charge is 0.407 e. The first kappa shape index (κ1) is 32.8. The topological polar surface area (TPSA) is 161 Å². The van der Waals surface area contributed by atoms with Crippen LogP contribution in [0.4, 0.5) is 10.5 Å². The predicted octanol–water partition coefficient (Wildman–Crippen LogP) is 2.37. The summed E-state index contributed by atoms with van der Waals surface area (Å²) in [7, 11) is -3.93. The van der Waals surface area contributed by atoms with Crippen molar-refractivity contribution in [3.63, 3.8) is 0 Å². The molecule has 228 valence electrons. The monoisotopic (exact) mass is 593 g/mol. The molecule has 2 aromatic carbocycles. The third-order valence-corrected chi connectivity index (χ3v) is 8.63. The molecule has 2 saturated heterocycles. The van der Waals surface area contributed by atoms with Crippen molar-refractivity contribution >= 4 is 21.8 Å². The Morgan fingerprint density at radius 2 is 1.78 bits per heavy atom. The molecule has 2 fully saturated rings. The number of aliphatic hydroxyl groups is 2. The van der Waals surface area contributed by atoms with Gasteiger partial charge in [0.25, 0.3) is 0 Å². The summed E-state index contributed by atoms with van der Waals surface area (Å²) in [6.45, 7) is 6.51. The Morgan fingerprint density at radius 3 is 2.41 bits per heavy atom. The van der Waals surface area contributed by atoms with E-state index in [-0.39, 0.29) is 55.7 Å². The zero-order valence-corrected chi connectivity index (χ0v) is 24.7. The first-order valence-electron chi connectivity index (χ1n) is 13.9. The number of amides is 1. The number of hydrogen-bond acceptors (Lipinski definition) is 9. The van der Waals surface area contributed by atoms with Crippen molar-refractivity contribution < 1.29 is 37.6 Å². The zero-order chi connectivity index (χ0) is 30.0. The van der Waals surface area contributed by atoms with Gasteiger partial charge in [-0.05, 0) is 55.5 Å². The highest BCUT2D eigenvalue weighted by molar-refractivity contribution is 7.89. The molecular formula is C29H43N3O8S.